The zero-order valence-corrected chi connectivity index (χ0v) is 13.7. The number of hydrogen-bond acceptors (Lipinski definition) is 5. The van der Waals surface area contributed by atoms with Gasteiger partial charge in [-0.15, -0.1) is 11.3 Å². The topological polar surface area (TPSA) is 65.2 Å². The van der Waals surface area contributed by atoms with Gasteiger partial charge in [-0.1, -0.05) is 23.2 Å². The van der Waals surface area contributed by atoms with Crippen LogP contribution >= 0.6 is 34.5 Å². The lowest BCUT2D eigenvalue weighted by Crippen LogP contribution is -2.01. The van der Waals surface area contributed by atoms with Crippen LogP contribution in [0.25, 0.3) is 21.5 Å². The number of nitrogen functional groups attached to an aromatic ring is 1. The van der Waals surface area contributed by atoms with Crippen LogP contribution in [0.4, 0.5) is 5.69 Å². The van der Waals surface area contributed by atoms with Crippen LogP contribution in [0.5, 0.6) is 0 Å². The van der Waals surface area contributed by atoms with E-state index in [1.54, 1.807) is 24.3 Å². The number of carbonyl (C=O) groups excluding carboxylic acids is 1. The number of ether oxygens (including phenoxy) is 1. The predicted octanol–water partition coefficient (Wildman–Crippen LogP) is 4.64. The van der Waals surface area contributed by atoms with E-state index in [0.717, 1.165) is 5.56 Å². The lowest BCUT2D eigenvalue weighted by atomic mass is 10.1. The van der Waals surface area contributed by atoms with E-state index in [4.69, 9.17) is 33.7 Å². The Morgan fingerprint density at radius 1 is 1.27 bits per heavy atom. The predicted molar refractivity (Wildman–Crippen MR) is 90.8 cm³/mol. The van der Waals surface area contributed by atoms with Crippen molar-refractivity contribution in [2.24, 2.45) is 0 Å². The molecule has 112 valence electrons. The van der Waals surface area contributed by atoms with Crippen molar-refractivity contribution in [1.29, 1.82) is 0 Å². The zero-order valence-electron chi connectivity index (χ0n) is 11.4. The summed E-state index contributed by atoms with van der Waals surface area (Å²) in [6, 6.07) is 8.78. The standard InChI is InChI=1S/C15H10Cl2N2O2S/c1-21-15(20)13-12(18)8-3-5-11(19-14(8)22-13)9-6-7(16)2-4-10(9)17/h2-6H,18H2,1H3. The highest BCUT2D eigenvalue weighted by atomic mass is 35.5. The number of halogens is 2. The van der Waals surface area contributed by atoms with Gasteiger partial charge in [0.05, 0.1) is 23.5 Å². The van der Waals surface area contributed by atoms with Gasteiger partial charge in [0.1, 0.15) is 9.71 Å². The van der Waals surface area contributed by atoms with E-state index >= 15 is 0 Å². The summed E-state index contributed by atoms with van der Waals surface area (Å²) in [5.74, 6) is -0.470. The molecule has 0 saturated heterocycles. The first-order valence-electron chi connectivity index (χ1n) is 6.24. The van der Waals surface area contributed by atoms with Crippen LogP contribution in [0, 0.1) is 0 Å². The molecule has 7 heteroatoms. The highest BCUT2D eigenvalue weighted by Gasteiger charge is 2.18. The lowest BCUT2D eigenvalue weighted by molar-refractivity contribution is 0.0607. The molecule has 4 nitrogen and oxygen atoms in total. The fraction of sp³-hybridized carbons (Fsp3) is 0.0667. The highest BCUT2D eigenvalue weighted by Crippen LogP contribution is 2.36. The number of benzene rings is 1. The summed E-state index contributed by atoms with van der Waals surface area (Å²) in [4.78, 5) is 17.2. The molecule has 2 aromatic heterocycles. The molecule has 0 unspecified atom stereocenters. The summed E-state index contributed by atoms with van der Waals surface area (Å²) in [6.07, 6.45) is 0. The zero-order chi connectivity index (χ0) is 15.9. The molecule has 1 aromatic carbocycles. The van der Waals surface area contributed by atoms with Crippen LogP contribution in [0.3, 0.4) is 0 Å². The number of thiophene rings is 1. The molecule has 0 fully saturated rings. The summed E-state index contributed by atoms with van der Waals surface area (Å²) in [7, 11) is 1.32. The summed E-state index contributed by atoms with van der Waals surface area (Å²) >= 11 is 13.4. The number of nitrogens with zero attached hydrogens (tertiary/aromatic N) is 1. The van der Waals surface area contributed by atoms with Crippen molar-refractivity contribution in [3.63, 3.8) is 0 Å². The molecule has 0 radical (unpaired) electrons. The van der Waals surface area contributed by atoms with Crippen LogP contribution in [-0.2, 0) is 4.74 Å². The van der Waals surface area contributed by atoms with Crippen molar-refractivity contribution in [1.82, 2.24) is 4.98 Å². The second-order valence-corrected chi connectivity index (χ2v) is 6.35. The number of anilines is 1. The van der Waals surface area contributed by atoms with Crippen molar-refractivity contribution in [3.05, 3.63) is 45.3 Å². The van der Waals surface area contributed by atoms with Crippen molar-refractivity contribution < 1.29 is 9.53 Å². The molecule has 2 N–H and O–H groups in total. The monoisotopic (exact) mass is 352 g/mol. The maximum absolute atomic E-state index is 11.7. The molecule has 3 aromatic rings. The molecular weight excluding hydrogens is 343 g/mol. The van der Waals surface area contributed by atoms with E-state index in [0.29, 0.717) is 36.5 Å². The Kier molecular flexibility index (Phi) is 3.95. The summed E-state index contributed by atoms with van der Waals surface area (Å²) in [5.41, 5.74) is 7.75. The average molecular weight is 353 g/mol. The normalized spacial score (nSPS) is 10.9. The molecule has 0 spiro atoms. The molecule has 0 atom stereocenters. The Hall–Kier alpha value is -1.82. The van der Waals surface area contributed by atoms with Gasteiger partial charge in [-0.05, 0) is 30.3 Å². The van der Waals surface area contributed by atoms with Gasteiger partial charge < -0.3 is 10.5 Å². The summed E-state index contributed by atoms with van der Waals surface area (Å²) < 4.78 is 4.72. The third-order valence-electron chi connectivity index (χ3n) is 3.17. The number of fused-ring (bicyclic) bond motifs is 1. The Bertz CT molecular complexity index is 893. The number of pyridine rings is 1. The maximum atomic E-state index is 11.7. The number of hydrogen-bond donors (Lipinski definition) is 1. The Labute approximate surface area is 140 Å². The van der Waals surface area contributed by atoms with E-state index in [1.807, 2.05) is 6.07 Å². The minimum atomic E-state index is -0.470. The van der Waals surface area contributed by atoms with E-state index in [9.17, 15) is 4.79 Å². The van der Waals surface area contributed by atoms with Gasteiger partial charge in [-0.2, -0.15) is 0 Å². The first-order valence-corrected chi connectivity index (χ1v) is 7.81. The Balaban J connectivity index is 2.18. The quantitative estimate of drug-likeness (QED) is 0.682. The molecule has 0 aliphatic rings. The van der Waals surface area contributed by atoms with E-state index < -0.39 is 5.97 Å². The van der Waals surface area contributed by atoms with E-state index in [1.165, 1.54) is 18.4 Å². The number of methoxy groups -OCH3 is 1. The average Bonchev–Trinajstić information content (AvgIpc) is 2.85. The maximum Gasteiger partial charge on any atom is 0.350 e. The van der Waals surface area contributed by atoms with Crippen molar-refractivity contribution in [2.75, 3.05) is 12.8 Å². The number of aromatic nitrogens is 1. The van der Waals surface area contributed by atoms with E-state index in [-0.39, 0.29) is 0 Å². The third-order valence-corrected chi connectivity index (χ3v) is 4.83. The second kappa shape index (κ2) is 5.76. The lowest BCUT2D eigenvalue weighted by Gasteiger charge is -2.04. The number of esters is 1. The van der Waals surface area contributed by atoms with Gasteiger partial charge in [0.25, 0.3) is 0 Å². The van der Waals surface area contributed by atoms with Crippen LogP contribution in [-0.4, -0.2) is 18.1 Å². The molecular formula is C15H10Cl2N2O2S. The van der Waals surface area contributed by atoms with E-state index in [2.05, 4.69) is 4.98 Å². The minimum absolute atomic E-state index is 0.347. The summed E-state index contributed by atoms with van der Waals surface area (Å²) in [5, 5.41) is 1.84. The molecule has 0 bridgehead atoms. The van der Waals surface area contributed by atoms with Gasteiger partial charge in [-0.3, -0.25) is 0 Å². The van der Waals surface area contributed by atoms with Crippen LogP contribution in [0.2, 0.25) is 10.0 Å². The van der Waals surface area contributed by atoms with Gasteiger partial charge in [0.15, 0.2) is 0 Å². The minimum Gasteiger partial charge on any atom is -0.465 e. The van der Waals surface area contributed by atoms with Gasteiger partial charge >= 0.3 is 5.97 Å². The molecule has 2 heterocycles. The van der Waals surface area contributed by atoms with Crippen molar-refractivity contribution in [2.45, 2.75) is 0 Å². The smallest absolute Gasteiger partial charge is 0.350 e. The number of carbonyl (C=O) groups is 1. The molecule has 0 amide bonds. The van der Waals surface area contributed by atoms with Gasteiger partial charge in [-0.25, -0.2) is 9.78 Å². The van der Waals surface area contributed by atoms with Crippen LogP contribution < -0.4 is 5.73 Å². The molecule has 0 saturated carbocycles. The van der Waals surface area contributed by atoms with Crippen LogP contribution in [0.1, 0.15) is 9.67 Å². The second-order valence-electron chi connectivity index (χ2n) is 4.51. The SMILES string of the molecule is COC(=O)c1sc2nc(-c3cc(Cl)ccc3Cl)ccc2c1N. The van der Waals surface area contributed by atoms with Crippen molar-refractivity contribution in [3.8, 4) is 11.3 Å². The first kappa shape index (κ1) is 15.1. The fourth-order valence-corrected chi connectivity index (χ4v) is 3.48. The Morgan fingerprint density at radius 3 is 2.77 bits per heavy atom. The molecule has 0 aliphatic carbocycles. The fourth-order valence-electron chi connectivity index (χ4n) is 2.09. The van der Waals surface area contributed by atoms with Crippen LogP contribution in [0.15, 0.2) is 30.3 Å². The third kappa shape index (κ3) is 2.52. The van der Waals surface area contributed by atoms with Gasteiger partial charge in [0.2, 0.25) is 0 Å². The Morgan fingerprint density at radius 2 is 2.05 bits per heavy atom. The summed E-state index contributed by atoms with van der Waals surface area (Å²) in [6.45, 7) is 0. The molecule has 3 rings (SSSR count). The largest absolute Gasteiger partial charge is 0.465 e. The first-order chi connectivity index (χ1) is 10.5. The van der Waals surface area contributed by atoms with Crippen molar-refractivity contribution >= 4 is 56.4 Å². The highest BCUT2D eigenvalue weighted by molar-refractivity contribution is 7.21. The van der Waals surface area contributed by atoms with Gasteiger partial charge in [0, 0.05) is 16.0 Å². The molecule has 0 aliphatic heterocycles. The number of nitrogens with two attached hydrogens (primary N) is 1. The number of rotatable bonds is 2. The molecule has 22 heavy (non-hydrogen) atoms.